The van der Waals surface area contributed by atoms with Crippen LogP contribution in [0.15, 0.2) is 58.8 Å². The number of amides is 2. The molecule has 11 nitrogen and oxygen atoms in total. The van der Waals surface area contributed by atoms with Crippen LogP contribution in [0.3, 0.4) is 0 Å². The zero-order chi connectivity index (χ0) is 33.1. The second-order valence-electron chi connectivity index (χ2n) is 12.0. The van der Waals surface area contributed by atoms with Crippen LogP contribution in [0.1, 0.15) is 66.7 Å². The minimum absolute atomic E-state index is 0.0148. The Morgan fingerprint density at radius 1 is 0.844 bits per heavy atom. The highest BCUT2D eigenvalue weighted by molar-refractivity contribution is 8.14. The van der Waals surface area contributed by atoms with Gasteiger partial charge in [0, 0.05) is 31.4 Å². The van der Waals surface area contributed by atoms with Crippen LogP contribution in [-0.2, 0) is 28.7 Å². The third-order valence-electron chi connectivity index (χ3n) is 7.01. The van der Waals surface area contributed by atoms with Crippen LogP contribution in [0.5, 0.6) is 0 Å². The van der Waals surface area contributed by atoms with Crippen molar-refractivity contribution in [3.05, 3.63) is 48.8 Å². The molecule has 4 heterocycles. The first-order chi connectivity index (χ1) is 21.3. The monoisotopic (exact) mass is 657 g/mol. The Bertz CT molecular complexity index is 1320. The summed E-state index contributed by atoms with van der Waals surface area (Å²) in [6.45, 7) is 9.88. The number of likely N-dealkylation sites (tertiary alicyclic amines) is 2. The summed E-state index contributed by atoms with van der Waals surface area (Å²) in [5, 5.41) is 1.16. The maximum absolute atomic E-state index is 12.8. The van der Waals surface area contributed by atoms with E-state index < -0.39 is 29.6 Å². The van der Waals surface area contributed by atoms with Crippen molar-refractivity contribution in [2.45, 2.75) is 101 Å². The zero-order valence-corrected chi connectivity index (χ0v) is 28.1. The molecule has 45 heavy (non-hydrogen) atoms. The van der Waals surface area contributed by atoms with E-state index in [0.717, 1.165) is 36.4 Å². The van der Waals surface area contributed by atoms with Crippen LogP contribution >= 0.6 is 23.5 Å². The Balaban J connectivity index is 0.000000257. The molecule has 0 spiro atoms. The van der Waals surface area contributed by atoms with E-state index in [9.17, 15) is 24.0 Å². The first kappa shape index (κ1) is 36.2. The van der Waals surface area contributed by atoms with Crippen molar-refractivity contribution in [1.82, 2.24) is 19.8 Å². The molecule has 0 bridgehead atoms. The van der Waals surface area contributed by atoms with Gasteiger partial charge in [0.1, 0.15) is 27.7 Å². The fourth-order valence-corrected chi connectivity index (χ4v) is 6.67. The quantitative estimate of drug-likeness (QED) is 0.323. The number of hydrogen-bond donors (Lipinski definition) is 1. The number of aromatic nitrogens is 2. The van der Waals surface area contributed by atoms with Crippen molar-refractivity contribution in [1.29, 1.82) is 0 Å². The lowest BCUT2D eigenvalue weighted by Crippen LogP contribution is -2.46. The number of nitrogens with zero attached hydrogens (tertiary/aromatic N) is 4. The van der Waals surface area contributed by atoms with Crippen molar-refractivity contribution < 1.29 is 28.7 Å². The number of rotatable bonds is 8. The molecule has 2 aromatic heterocycles. The van der Waals surface area contributed by atoms with Crippen molar-refractivity contribution in [3.63, 3.8) is 0 Å². The van der Waals surface area contributed by atoms with Gasteiger partial charge in [-0.05, 0) is 101 Å². The molecule has 0 saturated carbocycles. The summed E-state index contributed by atoms with van der Waals surface area (Å²) in [5.41, 5.74) is 5.03. The van der Waals surface area contributed by atoms with Gasteiger partial charge in [-0.3, -0.25) is 24.0 Å². The van der Waals surface area contributed by atoms with Crippen LogP contribution < -0.4 is 5.73 Å². The van der Waals surface area contributed by atoms with Gasteiger partial charge >= 0.3 is 5.97 Å². The molecule has 0 aliphatic carbocycles. The minimum Gasteiger partial charge on any atom is -0.460 e. The molecule has 0 unspecified atom stereocenters. The summed E-state index contributed by atoms with van der Waals surface area (Å²) < 4.78 is 5.29. The van der Waals surface area contributed by atoms with Gasteiger partial charge in [-0.15, -0.1) is 0 Å². The number of hydrogen-bond acceptors (Lipinski definition) is 11. The smallest absolute Gasteiger partial charge is 0.307 e. The average Bonchev–Trinajstić information content (AvgIpc) is 3.67. The second kappa shape index (κ2) is 16.9. The Hall–Kier alpha value is -3.29. The van der Waals surface area contributed by atoms with Crippen LogP contribution in [0.2, 0.25) is 0 Å². The molecule has 4 atom stereocenters. The number of esters is 1. The number of ether oxygens (including phenoxy) is 1. The summed E-state index contributed by atoms with van der Waals surface area (Å²) in [6.07, 6.45) is 6.27. The van der Waals surface area contributed by atoms with Gasteiger partial charge < -0.3 is 20.3 Å². The number of carbonyl (C=O) groups excluding carboxylic acids is 5. The number of thioether (sulfide) groups is 2. The van der Waals surface area contributed by atoms with E-state index in [4.69, 9.17) is 10.5 Å². The molecule has 2 fully saturated rings. The summed E-state index contributed by atoms with van der Waals surface area (Å²) in [7, 11) is 0. The molecule has 2 saturated heterocycles. The summed E-state index contributed by atoms with van der Waals surface area (Å²) in [5.74, 6) is -1.24. The zero-order valence-electron chi connectivity index (χ0n) is 26.5. The first-order valence-corrected chi connectivity index (χ1v) is 16.7. The Morgan fingerprint density at radius 3 is 1.71 bits per heavy atom. The largest absolute Gasteiger partial charge is 0.460 e. The maximum Gasteiger partial charge on any atom is 0.307 e. The molecule has 2 amide bonds. The third kappa shape index (κ3) is 11.2. The molecule has 2 aliphatic rings. The van der Waals surface area contributed by atoms with Crippen molar-refractivity contribution in [3.8, 4) is 0 Å². The molecule has 2 N–H and O–H groups in total. The van der Waals surface area contributed by atoms with Gasteiger partial charge in [-0.2, -0.15) is 0 Å². The Labute approximate surface area is 273 Å². The normalized spacial score (nSPS) is 19.2. The van der Waals surface area contributed by atoms with Gasteiger partial charge in [-0.1, -0.05) is 19.1 Å². The Kier molecular flexibility index (Phi) is 13.6. The fourth-order valence-electron chi connectivity index (χ4n) is 4.97. The molecule has 244 valence electrons. The van der Waals surface area contributed by atoms with E-state index in [1.807, 2.05) is 12.1 Å². The maximum atomic E-state index is 12.8. The average molecular weight is 658 g/mol. The topological polar surface area (TPSA) is 153 Å². The Morgan fingerprint density at radius 2 is 1.31 bits per heavy atom. The SMILES string of the molecule is C[C@H](CC(=O)OC(C)(C)C)C(=O)N1CCC[C@H]1C(=O)Sc1ccccn1.C[C@H](N)C(=O)N1CCC[C@H]1C(=O)Sc1ccccn1. The fraction of sp³-hybridized carbons (Fsp3) is 0.531. The van der Waals surface area contributed by atoms with E-state index in [1.54, 1.807) is 81.1 Å². The third-order valence-corrected chi connectivity index (χ3v) is 8.85. The molecule has 2 aromatic rings. The van der Waals surface area contributed by atoms with E-state index in [0.29, 0.717) is 36.0 Å². The second-order valence-corrected chi connectivity index (χ2v) is 14.1. The van der Waals surface area contributed by atoms with Crippen molar-refractivity contribution in [2.75, 3.05) is 13.1 Å². The highest BCUT2D eigenvalue weighted by atomic mass is 32.2. The van der Waals surface area contributed by atoms with Gasteiger partial charge in [0.25, 0.3) is 0 Å². The minimum atomic E-state index is -0.578. The van der Waals surface area contributed by atoms with Crippen LogP contribution in [0.4, 0.5) is 0 Å². The van der Waals surface area contributed by atoms with E-state index in [-0.39, 0.29) is 34.5 Å². The molecule has 4 rings (SSSR count). The van der Waals surface area contributed by atoms with Crippen molar-refractivity contribution >= 4 is 51.5 Å². The van der Waals surface area contributed by atoms with Gasteiger partial charge in [0.05, 0.1) is 12.5 Å². The lowest BCUT2D eigenvalue weighted by atomic mass is 10.1. The lowest BCUT2D eigenvalue weighted by molar-refractivity contribution is -0.158. The molecule has 0 aromatic carbocycles. The molecule has 2 aliphatic heterocycles. The highest BCUT2D eigenvalue weighted by Crippen LogP contribution is 2.29. The number of carbonyl (C=O) groups is 5. The molecule has 0 radical (unpaired) electrons. The van der Waals surface area contributed by atoms with Gasteiger partial charge in [0.15, 0.2) is 0 Å². The number of nitrogens with two attached hydrogens (primary N) is 1. The predicted octanol–water partition coefficient (Wildman–Crippen LogP) is 4.10. The standard InChI is InChI=1S/C19H26N2O4S.C13H17N3O2S/c1-13(12-16(22)25-19(2,3)4)17(23)21-11-7-8-14(21)18(24)26-15-9-5-6-10-20-15;1-9(14)12(17)16-8-4-5-10(16)13(18)19-11-6-2-3-7-15-11/h5-6,9-10,13-14H,7-8,11-12H2,1-4H3;2-3,6-7,9-10H,4-5,8,14H2,1H3/t13-,14+;9-,10-/m10/s1. The van der Waals surface area contributed by atoms with Crippen molar-refractivity contribution in [2.24, 2.45) is 11.7 Å². The molecule has 13 heteroatoms. The highest BCUT2D eigenvalue weighted by Gasteiger charge is 2.37. The predicted molar refractivity (Wildman–Crippen MR) is 173 cm³/mol. The summed E-state index contributed by atoms with van der Waals surface area (Å²) >= 11 is 2.15. The molecular weight excluding hydrogens is 615 g/mol. The van der Waals surface area contributed by atoms with E-state index in [2.05, 4.69) is 9.97 Å². The summed E-state index contributed by atoms with van der Waals surface area (Å²) in [6, 6.07) is 9.42. The van der Waals surface area contributed by atoms with E-state index in [1.165, 1.54) is 0 Å². The van der Waals surface area contributed by atoms with Crippen LogP contribution in [-0.4, -0.2) is 84.6 Å². The number of pyridine rings is 2. The van der Waals surface area contributed by atoms with Crippen LogP contribution in [0.25, 0.3) is 0 Å². The van der Waals surface area contributed by atoms with E-state index >= 15 is 0 Å². The van der Waals surface area contributed by atoms with Crippen LogP contribution in [0, 0.1) is 5.92 Å². The first-order valence-electron chi connectivity index (χ1n) is 15.1. The summed E-state index contributed by atoms with van der Waals surface area (Å²) in [4.78, 5) is 73.0. The van der Waals surface area contributed by atoms with Gasteiger partial charge in [-0.25, -0.2) is 9.97 Å². The molecular formula is C32H43N5O6S2. The lowest BCUT2D eigenvalue weighted by Gasteiger charge is -2.27. The van der Waals surface area contributed by atoms with Gasteiger partial charge in [0.2, 0.25) is 22.0 Å².